The monoisotopic (exact) mass is 254 g/mol. The molecule has 1 aromatic carbocycles. The minimum Gasteiger partial charge on any atom is -0.423 e. The number of hydrogen-bond donors (Lipinski definition) is 3. The second-order valence-corrected chi connectivity index (χ2v) is 3.54. The van der Waals surface area contributed by atoms with Gasteiger partial charge >= 0.3 is 7.12 Å². The van der Waals surface area contributed by atoms with Crippen LogP contribution >= 0.6 is 15.9 Å². The van der Waals surface area contributed by atoms with Crippen LogP contribution < -0.4 is 5.46 Å². The fourth-order valence-electron chi connectivity index (χ4n) is 1.40. The molecule has 0 fully saturated rings. The molecule has 0 unspecified atom stereocenters. The highest BCUT2D eigenvalue weighted by molar-refractivity contribution is 9.08. The van der Waals surface area contributed by atoms with Gasteiger partial charge in [-0.15, -0.1) is 0 Å². The van der Waals surface area contributed by atoms with Gasteiger partial charge in [-0.25, -0.2) is 4.98 Å². The third-order valence-electron chi connectivity index (χ3n) is 2.10. The molecule has 0 saturated carbocycles. The summed E-state index contributed by atoms with van der Waals surface area (Å²) in [6.07, 6.45) is 1.58. The molecule has 2 aromatic rings. The van der Waals surface area contributed by atoms with E-state index in [1.807, 2.05) is 6.07 Å². The van der Waals surface area contributed by atoms with Crippen molar-refractivity contribution in [1.82, 2.24) is 9.97 Å². The van der Waals surface area contributed by atoms with Crippen LogP contribution in [-0.4, -0.2) is 27.1 Å². The van der Waals surface area contributed by atoms with Crippen molar-refractivity contribution in [1.29, 1.82) is 0 Å². The standard InChI is InChI=1S/C8H8BBrN2O2/c10-3-5-1-7-8(12-4-11-7)2-6(5)9(13)14/h1-2,4,13-14H,3H2,(H,11,12). The molecule has 1 aromatic heterocycles. The molecule has 1 heterocycles. The van der Waals surface area contributed by atoms with E-state index >= 15 is 0 Å². The predicted molar refractivity (Wildman–Crippen MR) is 58.6 cm³/mol. The molecule has 0 aliphatic heterocycles. The lowest BCUT2D eigenvalue weighted by Gasteiger charge is -2.05. The molecular weight excluding hydrogens is 247 g/mol. The molecule has 0 atom stereocenters. The highest BCUT2D eigenvalue weighted by Crippen LogP contribution is 2.12. The molecular formula is C8H8BBrN2O2. The maximum atomic E-state index is 9.13. The third kappa shape index (κ3) is 1.56. The molecule has 0 aliphatic carbocycles. The number of imidazole rings is 1. The second-order valence-electron chi connectivity index (χ2n) is 2.98. The van der Waals surface area contributed by atoms with Gasteiger partial charge in [0.2, 0.25) is 0 Å². The van der Waals surface area contributed by atoms with Gasteiger partial charge in [0.05, 0.1) is 17.4 Å². The number of rotatable bonds is 2. The lowest BCUT2D eigenvalue weighted by molar-refractivity contribution is 0.425. The van der Waals surface area contributed by atoms with E-state index in [9.17, 15) is 0 Å². The largest absolute Gasteiger partial charge is 0.488 e. The molecule has 0 aliphatic rings. The van der Waals surface area contributed by atoms with Crippen molar-refractivity contribution in [2.45, 2.75) is 5.33 Å². The van der Waals surface area contributed by atoms with Crippen molar-refractivity contribution in [3.63, 3.8) is 0 Å². The van der Waals surface area contributed by atoms with Gasteiger partial charge in [0.1, 0.15) is 0 Å². The van der Waals surface area contributed by atoms with E-state index in [1.165, 1.54) is 0 Å². The van der Waals surface area contributed by atoms with E-state index in [0.29, 0.717) is 10.8 Å². The summed E-state index contributed by atoms with van der Waals surface area (Å²) in [7, 11) is -1.45. The van der Waals surface area contributed by atoms with E-state index in [4.69, 9.17) is 10.0 Å². The topological polar surface area (TPSA) is 69.1 Å². The fraction of sp³-hybridized carbons (Fsp3) is 0.125. The minimum absolute atomic E-state index is 0.499. The highest BCUT2D eigenvalue weighted by Gasteiger charge is 2.16. The van der Waals surface area contributed by atoms with Crippen LogP contribution in [0.25, 0.3) is 11.0 Å². The Kier molecular flexibility index (Phi) is 2.58. The number of aromatic amines is 1. The zero-order chi connectivity index (χ0) is 10.1. The Hall–Kier alpha value is -0.845. The van der Waals surface area contributed by atoms with Crippen LogP contribution in [0.5, 0.6) is 0 Å². The third-order valence-corrected chi connectivity index (χ3v) is 2.71. The average molecular weight is 255 g/mol. The highest BCUT2D eigenvalue weighted by atomic mass is 79.9. The van der Waals surface area contributed by atoms with E-state index in [0.717, 1.165) is 16.6 Å². The van der Waals surface area contributed by atoms with Crippen LogP contribution in [0, 0.1) is 0 Å². The first-order chi connectivity index (χ1) is 6.72. The second kappa shape index (κ2) is 3.72. The Morgan fingerprint density at radius 1 is 1.43 bits per heavy atom. The summed E-state index contributed by atoms with van der Waals surface area (Å²) in [6, 6.07) is 3.53. The van der Waals surface area contributed by atoms with Crippen LogP contribution in [0.3, 0.4) is 0 Å². The summed E-state index contributed by atoms with van der Waals surface area (Å²) >= 11 is 3.29. The van der Waals surface area contributed by atoms with Crippen LogP contribution in [0.4, 0.5) is 0 Å². The number of H-pyrrole nitrogens is 1. The Labute approximate surface area is 89.3 Å². The van der Waals surface area contributed by atoms with Crippen LogP contribution in [0.1, 0.15) is 5.56 Å². The lowest BCUT2D eigenvalue weighted by Crippen LogP contribution is -2.32. The average Bonchev–Trinajstić information content (AvgIpc) is 2.62. The van der Waals surface area contributed by atoms with Gasteiger partial charge in [-0.2, -0.15) is 0 Å². The predicted octanol–water partition coefficient (Wildman–Crippen LogP) is 0.138. The van der Waals surface area contributed by atoms with Gasteiger partial charge in [-0.3, -0.25) is 0 Å². The molecule has 3 N–H and O–H groups in total. The first kappa shape index (κ1) is 9.70. The molecule has 72 valence electrons. The smallest absolute Gasteiger partial charge is 0.423 e. The summed E-state index contributed by atoms with van der Waals surface area (Å²) in [4.78, 5) is 7.01. The number of hydrogen-bond acceptors (Lipinski definition) is 3. The summed E-state index contributed by atoms with van der Waals surface area (Å²) in [5, 5.41) is 18.8. The van der Waals surface area contributed by atoms with E-state index in [2.05, 4.69) is 25.9 Å². The van der Waals surface area contributed by atoms with Gasteiger partial charge in [-0.05, 0) is 23.2 Å². The Morgan fingerprint density at radius 3 is 2.86 bits per heavy atom. The zero-order valence-electron chi connectivity index (χ0n) is 7.24. The SMILES string of the molecule is OB(O)c1cc2[nH]cnc2cc1CBr. The van der Waals surface area contributed by atoms with Crippen LogP contribution in [0.15, 0.2) is 18.5 Å². The van der Waals surface area contributed by atoms with Gasteiger partial charge in [-0.1, -0.05) is 15.9 Å². The minimum atomic E-state index is -1.45. The van der Waals surface area contributed by atoms with Crippen molar-refractivity contribution in [3.8, 4) is 0 Å². The van der Waals surface area contributed by atoms with E-state index in [-0.39, 0.29) is 0 Å². The van der Waals surface area contributed by atoms with Crippen molar-refractivity contribution in [2.75, 3.05) is 0 Å². The Morgan fingerprint density at radius 2 is 2.21 bits per heavy atom. The van der Waals surface area contributed by atoms with Crippen molar-refractivity contribution in [2.24, 2.45) is 0 Å². The maximum absolute atomic E-state index is 9.13. The molecule has 0 bridgehead atoms. The number of nitrogens with zero attached hydrogens (tertiary/aromatic N) is 1. The maximum Gasteiger partial charge on any atom is 0.488 e. The fourth-order valence-corrected chi connectivity index (χ4v) is 1.88. The molecule has 2 rings (SSSR count). The molecule has 0 amide bonds. The zero-order valence-corrected chi connectivity index (χ0v) is 8.82. The van der Waals surface area contributed by atoms with Crippen molar-refractivity contribution < 1.29 is 10.0 Å². The van der Waals surface area contributed by atoms with Gasteiger partial charge in [0.15, 0.2) is 0 Å². The lowest BCUT2D eigenvalue weighted by atomic mass is 9.77. The number of nitrogens with one attached hydrogen (secondary N) is 1. The Balaban J connectivity index is 2.66. The van der Waals surface area contributed by atoms with Gasteiger partial charge in [0, 0.05) is 5.33 Å². The molecule has 6 heteroatoms. The number of benzene rings is 1. The number of alkyl halides is 1. The molecule has 0 spiro atoms. The molecule has 0 saturated heterocycles. The quantitative estimate of drug-likeness (QED) is 0.528. The summed E-state index contributed by atoms with van der Waals surface area (Å²) < 4.78 is 0. The summed E-state index contributed by atoms with van der Waals surface area (Å²) in [6.45, 7) is 0. The molecule has 0 radical (unpaired) electrons. The first-order valence-electron chi connectivity index (χ1n) is 4.10. The Bertz CT molecular complexity index is 458. The number of halogens is 1. The van der Waals surface area contributed by atoms with Gasteiger partial charge in [0.25, 0.3) is 0 Å². The first-order valence-corrected chi connectivity index (χ1v) is 5.22. The summed E-state index contributed by atoms with van der Waals surface area (Å²) in [5.41, 5.74) is 2.96. The normalized spacial score (nSPS) is 10.8. The van der Waals surface area contributed by atoms with Gasteiger partial charge < -0.3 is 15.0 Å². The molecule has 4 nitrogen and oxygen atoms in total. The van der Waals surface area contributed by atoms with E-state index in [1.54, 1.807) is 12.4 Å². The van der Waals surface area contributed by atoms with Crippen LogP contribution in [-0.2, 0) is 5.33 Å². The van der Waals surface area contributed by atoms with Crippen LogP contribution in [0.2, 0.25) is 0 Å². The van der Waals surface area contributed by atoms with E-state index < -0.39 is 7.12 Å². The van der Waals surface area contributed by atoms with Crippen molar-refractivity contribution >= 4 is 39.5 Å². The number of aromatic nitrogens is 2. The summed E-state index contributed by atoms with van der Waals surface area (Å²) in [5.74, 6) is 0. The van der Waals surface area contributed by atoms with Crippen molar-refractivity contribution in [3.05, 3.63) is 24.0 Å². The molecule has 14 heavy (non-hydrogen) atoms. The number of fused-ring (bicyclic) bond motifs is 1.